The lowest BCUT2D eigenvalue weighted by atomic mass is 10.0. The number of nitrogens with one attached hydrogen (secondary N) is 1. The average molecular weight is 350 g/mol. The summed E-state index contributed by atoms with van der Waals surface area (Å²) in [6.45, 7) is 1.68. The van der Waals surface area contributed by atoms with Gasteiger partial charge in [-0.25, -0.2) is 12.8 Å². The van der Waals surface area contributed by atoms with Crippen molar-refractivity contribution in [1.29, 1.82) is 0 Å². The number of sulfone groups is 1. The van der Waals surface area contributed by atoms with Crippen LogP contribution in [-0.2, 0) is 9.84 Å². The van der Waals surface area contributed by atoms with Crippen molar-refractivity contribution in [2.24, 2.45) is 0 Å². The van der Waals surface area contributed by atoms with Gasteiger partial charge < -0.3 is 5.32 Å². The van der Waals surface area contributed by atoms with Crippen LogP contribution in [0.25, 0.3) is 0 Å². The Labute approximate surface area is 119 Å². The van der Waals surface area contributed by atoms with Gasteiger partial charge in [0.1, 0.15) is 5.82 Å². The van der Waals surface area contributed by atoms with Crippen LogP contribution < -0.4 is 5.32 Å². The van der Waals surface area contributed by atoms with E-state index in [1.54, 1.807) is 6.92 Å². The monoisotopic (exact) mass is 349 g/mol. The molecule has 1 aromatic rings. The molecular formula is C12H13BrFNO3S. The lowest BCUT2D eigenvalue weighted by Crippen LogP contribution is -2.47. The van der Waals surface area contributed by atoms with E-state index < -0.39 is 27.1 Å². The van der Waals surface area contributed by atoms with Crippen LogP contribution in [0.3, 0.4) is 0 Å². The Morgan fingerprint density at radius 1 is 1.47 bits per heavy atom. The highest BCUT2D eigenvalue weighted by Crippen LogP contribution is 2.25. The maximum Gasteiger partial charge on any atom is 0.252 e. The van der Waals surface area contributed by atoms with Gasteiger partial charge in [-0.05, 0) is 41.4 Å². The second-order valence-electron chi connectivity index (χ2n) is 4.96. The maximum absolute atomic E-state index is 13.3. The van der Waals surface area contributed by atoms with Gasteiger partial charge in [0.2, 0.25) is 0 Å². The Bertz CT molecular complexity index is 632. The highest BCUT2D eigenvalue weighted by Gasteiger charge is 2.39. The van der Waals surface area contributed by atoms with E-state index in [1.165, 1.54) is 18.2 Å². The smallest absolute Gasteiger partial charge is 0.252 e. The summed E-state index contributed by atoms with van der Waals surface area (Å²) >= 11 is 3.02. The number of halogens is 2. The first-order valence-corrected chi connectivity index (χ1v) is 8.31. The summed E-state index contributed by atoms with van der Waals surface area (Å²) in [7, 11) is -3.10. The first kappa shape index (κ1) is 14.5. The average Bonchev–Trinajstić information content (AvgIpc) is 2.56. The lowest BCUT2D eigenvalue weighted by Gasteiger charge is -2.24. The molecule has 0 aromatic heterocycles. The van der Waals surface area contributed by atoms with E-state index >= 15 is 0 Å². The molecule has 0 radical (unpaired) electrons. The number of hydrogen-bond donors (Lipinski definition) is 1. The summed E-state index contributed by atoms with van der Waals surface area (Å²) < 4.78 is 36.4. The summed E-state index contributed by atoms with van der Waals surface area (Å²) in [6, 6.07) is 4.15. The van der Waals surface area contributed by atoms with Gasteiger partial charge in [-0.1, -0.05) is 6.07 Å². The highest BCUT2D eigenvalue weighted by atomic mass is 79.9. The molecule has 0 bridgehead atoms. The summed E-state index contributed by atoms with van der Waals surface area (Å²) in [5.41, 5.74) is -0.632. The molecule has 1 aromatic carbocycles. The fraction of sp³-hybridized carbons (Fsp3) is 0.417. The van der Waals surface area contributed by atoms with E-state index in [-0.39, 0.29) is 21.5 Å². The Morgan fingerprint density at radius 3 is 2.74 bits per heavy atom. The minimum absolute atomic E-state index is 0.0636. The zero-order valence-corrected chi connectivity index (χ0v) is 12.6. The van der Waals surface area contributed by atoms with E-state index in [0.717, 1.165) is 0 Å². The quantitative estimate of drug-likeness (QED) is 0.886. The van der Waals surface area contributed by atoms with E-state index in [4.69, 9.17) is 0 Å². The summed E-state index contributed by atoms with van der Waals surface area (Å²) in [5.74, 6) is -1.03. The van der Waals surface area contributed by atoms with E-state index in [9.17, 15) is 17.6 Å². The SMILES string of the molecule is CC1(NC(=O)c2cccc(F)c2Br)CCS(=O)(=O)C1. The van der Waals surface area contributed by atoms with Gasteiger partial charge in [0.15, 0.2) is 9.84 Å². The zero-order valence-electron chi connectivity index (χ0n) is 10.2. The van der Waals surface area contributed by atoms with Crippen LogP contribution in [0.15, 0.2) is 22.7 Å². The predicted octanol–water partition coefficient (Wildman–Crippen LogP) is 1.90. The van der Waals surface area contributed by atoms with Crippen molar-refractivity contribution < 1.29 is 17.6 Å². The molecule has 0 spiro atoms. The van der Waals surface area contributed by atoms with Crippen LogP contribution in [0.2, 0.25) is 0 Å². The van der Waals surface area contributed by atoms with Crippen molar-refractivity contribution in [2.75, 3.05) is 11.5 Å². The Kier molecular flexibility index (Phi) is 3.70. The third kappa shape index (κ3) is 3.14. The van der Waals surface area contributed by atoms with E-state index in [1.807, 2.05) is 0 Å². The van der Waals surface area contributed by atoms with Gasteiger partial charge in [0, 0.05) is 0 Å². The van der Waals surface area contributed by atoms with Crippen LogP contribution in [0.5, 0.6) is 0 Å². The second kappa shape index (κ2) is 4.86. The highest BCUT2D eigenvalue weighted by molar-refractivity contribution is 9.10. The molecule has 1 atom stereocenters. The van der Waals surface area contributed by atoms with Gasteiger partial charge in [-0.15, -0.1) is 0 Å². The van der Waals surface area contributed by atoms with Gasteiger partial charge in [-0.2, -0.15) is 0 Å². The summed E-state index contributed by atoms with van der Waals surface area (Å²) in [6.07, 6.45) is 0.369. The standard InChI is InChI=1S/C12H13BrFNO3S/c1-12(5-6-19(17,18)7-12)15-11(16)8-3-2-4-9(14)10(8)13/h2-4H,5-7H2,1H3,(H,15,16). The Morgan fingerprint density at radius 2 is 2.16 bits per heavy atom. The molecule has 1 heterocycles. The summed E-state index contributed by atoms with van der Waals surface area (Å²) in [4.78, 5) is 12.1. The Hall–Kier alpha value is -0.950. The van der Waals surface area contributed by atoms with Crippen LogP contribution >= 0.6 is 15.9 Å². The molecule has 104 valence electrons. The molecule has 4 nitrogen and oxygen atoms in total. The number of carbonyl (C=O) groups is 1. The van der Waals surface area contributed by atoms with E-state index in [2.05, 4.69) is 21.2 Å². The Balaban J connectivity index is 2.21. The first-order chi connectivity index (χ1) is 8.72. The predicted molar refractivity (Wildman–Crippen MR) is 73.2 cm³/mol. The van der Waals surface area contributed by atoms with Crippen LogP contribution in [0.1, 0.15) is 23.7 Å². The molecule has 1 fully saturated rings. The minimum Gasteiger partial charge on any atom is -0.346 e. The van der Waals surface area contributed by atoms with E-state index in [0.29, 0.717) is 6.42 Å². The number of hydrogen-bond acceptors (Lipinski definition) is 3. The molecule has 2 rings (SSSR count). The molecule has 1 N–H and O–H groups in total. The largest absolute Gasteiger partial charge is 0.346 e. The molecule has 1 aliphatic rings. The second-order valence-corrected chi connectivity index (χ2v) is 7.94. The first-order valence-electron chi connectivity index (χ1n) is 5.69. The maximum atomic E-state index is 13.3. The van der Waals surface area contributed by atoms with Crippen molar-refractivity contribution in [1.82, 2.24) is 5.32 Å². The minimum atomic E-state index is -3.10. The van der Waals surface area contributed by atoms with Gasteiger partial charge in [-0.3, -0.25) is 4.79 Å². The molecule has 19 heavy (non-hydrogen) atoms. The van der Waals surface area contributed by atoms with Crippen molar-refractivity contribution in [3.8, 4) is 0 Å². The van der Waals surface area contributed by atoms with Gasteiger partial charge in [0.05, 0.1) is 27.1 Å². The van der Waals surface area contributed by atoms with Crippen molar-refractivity contribution in [2.45, 2.75) is 18.9 Å². The third-order valence-corrected chi connectivity index (χ3v) is 5.82. The van der Waals surface area contributed by atoms with Crippen LogP contribution in [0.4, 0.5) is 4.39 Å². The normalized spacial score (nSPS) is 25.2. The molecule has 7 heteroatoms. The molecule has 1 unspecified atom stereocenters. The molecule has 1 amide bonds. The number of amides is 1. The number of rotatable bonds is 2. The van der Waals surface area contributed by atoms with Crippen molar-refractivity contribution in [3.63, 3.8) is 0 Å². The zero-order chi connectivity index (χ0) is 14.3. The molecule has 1 aliphatic heterocycles. The molecule has 0 saturated carbocycles. The molecular weight excluding hydrogens is 337 g/mol. The number of benzene rings is 1. The van der Waals surface area contributed by atoms with Crippen LogP contribution in [0, 0.1) is 5.82 Å². The molecule has 1 saturated heterocycles. The topological polar surface area (TPSA) is 63.2 Å². The van der Waals surface area contributed by atoms with Crippen molar-refractivity contribution in [3.05, 3.63) is 34.1 Å². The fourth-order valence-electron chi connectivity index (χ4n) is 2.13. The lowest BCUT2D eigenvalue weighted by molar-refractivity contribution is 0.0914. The summed E-state index contributed by atoms with van der Waals surface area (Å²) in [5, 5.41) is 2.68. The van der Waals surface area contributed by atoms with Crippen molar-refractivity contribution >= 4 is 31.7 Å². The number of carbonyl (C=O) groups excluding carboxylic acids is 1. The fourth-order valence-corrected chi connectivity index (χ4v) is 4.67. The van der Waals surface area contributed by atoms with Crippen LogP contribution in [-0.4, -0.2) is 31.4 Å². The third-order valence-electron chi connectivity index (χ3n) is 3.11. The van der Waals surface area contributed by atoms with Gasteiger partial charge in [0.25, 0.3) is 5.91 Å². The molecule has 0 aliphatic carbocycles. The van der Waals surface area contributed by atoms with Gasteiger partial charge >= 0.3 is 0 Å².